The third-order valence-corrected chi connectivity index (χ3v) is 5.87. The summed E-state index contributed by atoms with van der Waals surface area (Å²) in [5.74, 6) is 0.141. The molecule has 1 aliphatic rings. The summed E-state index contributed by atoms with van der Waals surface area (Å²) in [6.07, 6.45) is 3.21. The minimum atomic E-state index is -1.10. The summed E-state index contributed by atoms with van der Waals surface area (Å²) < 4.78 is 19.8. The first-order chi connectivity index (χ1) is 15.9. The predicted molar refractivity (Wildman–Crippen MR) is 120 cm³/mol. The maximum Gasteiger partial charge on any atom is 0.257 e. The topological polar surface area (TPSA) is 84.7 Å². The highest BCUT2D eigenvalue weighted by Crippen LogP contribution is 2.25. The lowest BCUT2D eigenvalue weighted by Crippen LogP contribution is -2.49. The number of piperidine rings is 1. The van der Waals surface area contributed by atoms with Crippen LogP contribution in [0.25, 0.3) is 0 Å². The number of aliphatic hydroxyl groups is 1. The van der Waals surface area contributed by atoms with Gasteiger partial charge in [-0.2, -0.15) is 0 Å². The summed E-state index contributed by atoms with van der Waals surface area (Å²) >= 11 is 0. The largest absolute Gasteiger partial charge is 0.439 e. The first-order valence-electron chi connectivity index (χ1n) is 10.9. The number of halogens is 1. The van der Waals surface area contributed by atoms with E-state index in [1.54, 1.807) is 4.90 Å². The molecular formula is C25H26FN3O4. The van der Waals surface area contributed by atoms with E-state index < -0.39 is 5.60 Å². The van der Waals surface area contributed by atoms with Crippen LogP contribution in [-0.2, 0) is 17.8 Å². The smallest absolute Gasteiger partial charge is 0.257 e. The van der Waals surface area contributed by atoms with Crippen molar-refractivity contribution in [3.63, 3.8) is 0 Å². The maximum atomic E-state index is 13.0. The van der Waals surface area contributed by atoms with Crippen LogP contribution >= 0.6 is 0 Å². The van der Waals surface area contributed by atoms with Gasteiger partial charge in [0.1, 0.15) is 17.9 Å². The van der Waals surface area contributed by atoms with Gasteiger partial charge in [-0.3, -0.25) is 14.2 Å². The highest BCUT2D eigenvalue weighted by molar-refractivity contribution is 5.76. The number of aromatic nitrogens is 2. The van der Waals surface area contributed by atoms with Crippen LogP contribution in [0, 0.1) is 5.82 Å². The Labute approximate surface area is 191 Å². The molecule has 33 heavy (non-hydrogen) atoms. The summed E-state index contributed by atoms with van der Waals surface area (Å²) in [6.45, 7) is 0.970. The molecule has 2 heterocycles. The lowest BCUT2D eigenvalue weighted by Gasteiger charge is -2.38. The minimum absolute atomic E-state index is 0.0713. The van der Waals surface area contributed by atoms with Crippen molar-refractivity contribution < 1.29 is 19.0 Å². The maximum absolute atomic E-state index is 13.0. The van der Waals surface area contributed by atoms with Crippen LogP contribution in [0.5, 0.6) is 11.6 Å². The summed E-state index contributed by atoms with van der Waals surface area (Å²) in [5, 5.41) is 11.0. The van der Waals surface area contributed by atoms with Gasteiger partial charge in [0, 0.05) is 19.5 Å². The standard InChI is InChI=1S/C25H26FN3O4/c26-20-7-9-21(10-8-20)33-22-16-24(31)29(18-27-22)17-25(32)12-14-28(15-13-25)23(30)11-6-19-4-2-1-3-5-19/h1-5,7-10,16,18,32H,6,11-15,17H2. The van der Waals surface area contributed by atoms with Gasteiger partial charge in [-0.15, -0.1) is 0 Å². The molecule has 1 amide bonds. The van der Waals surface area contributed by atoms with Gasteiger partial charge >= 0.3 is 0 Å². The summed E-state index contributed by atoms with van der Waals surface area (Å²) in [4.78, 5) is 30.9. The van der Waals surface area contributed by atoms with Crippen molar-refractivity contribution in [1.82, 2.24) is 14.5 Å². The molecule has 0 bridgehead atoms. The number of hydrogen-bond acceptors (Lipinski definition) is 5. The number of likely N-dealkylation sites (tertiary alicyclic amines) is 1. The molecule has 3 aromatic rings. The summed E-state index contributed by atoms with van der Waals surface area (Å²) in [7, 11) is 0. The monoisotopic (exact) mass is 451 g/mol. The molecule has 0 unspecified atom stereocenters. The molecular weight excluding hydrogens is 425 g/mol. The second-order valence-corrected chi connectivity index (χ2v) is 8.34. The number of amides is 1. The molecule has 0 spiro atoms. The molecule has 0 atom stereocenters. The van der Waals surface area contributed by atoms with Crippen LogP contribution in [0.2, 0.25) is 0 Å². The van der Waals surface area contributed by atoms with E-state index in [2.05, 4.69) is 4.98 Å². The number of ether oxygens (including phenoxy) is 1. The van der Waals surface area contributed by atoms with Gasteiger partial charge in [-0.25, -0.2) is 9.37 Å². The molecule has 172 valence electrons. The SMILES string of the molecule is O=C(CCc1ccccc1)N1CCC(O)(Cn2cnc(Oc3ccc(F)cc3)cc2=O)CC1. The number of benzene rings is 2. The Kier molecular flexibility index (Phi) is 6.84. The normalized spacial score (nSPS) is 15.3. The van der Waals surface area contributed by atoms with E-state index in [4.69, 9.17) is 4.74 Å². The first-order valence-corrected chi connectivity index (χ1v) is 10.9. The highest BCUT2D eigenvalue weighted by atomic mass is 19.1. The molecule has 4 rings (SSSR count). The molecule has 0 radical (unpaired) electrons. The third kappa shape index (κ3) is 6.04. The summed E-state index contributed by atoms with van der Waals surface area (Å²) in [6, 6.07) is 16.5. The Morgan fingerprint density at radius 1 is 1.09 bits per heavy atom. The lowest BCUT2D eigenvalue weighted by atomic mass is 9.91. The molecule has 1 N–H and O–H groups in total. The van der Waals surface area contributed by atoms with Crippen molar-refractivity contribution in [2.45, 2.75) is 37.8 Å². The van der Waals surface area contributed by atoms with Gasteiger partial charge in [0.05, 0.1) is 18.2 Å². The number of nitrogens with zero attached hydrogens (tertiary/aromatic N) is 3. The van der Waals surface area contributed by atoms with E-state index in [9.17, 15) is 19.1 Å². The van der Waals surface area contributed by atoms with E-state index in [-0.39, 0.29) is 29.7 Å². The van der Waals surface area contributed by atoms with Gasteiger partial charge in [0.15, 0.2) is 0 Å². The van der Waals surface area contributed by atoms with E-state index in [0.29, 0.717) is 44.5 Å². The number of hydrogen-bond donors (Lipinski definition) is 1. The van der Waals surface area contributed by atoms with Crippen molar-refractivity contribution in [2.75, 3.05) is 13.1 Å². The molecule has 8 heteroatoms. The Balaban J connectivity index is 1.30. The van der Waals surface area contributed by atoms with Gasteiger partial charge in [-0.1, -0.05) is 30.3 Å². The zero-order chi connectivity index (χ0) is 23.3. The number of carbonyl (C=O) groups excluding carboxylic acids is 1. The Morgan fingerprint density at radius 2 is 1.79 bits per heavy atom. The molecule has 7 nitrogen and oxygen atoms in total. The zero-order valence-electron chi connectivity index (χ0n) is 18.2. The Morgan fingerprint density at radius 3 is 2.45 bits per heavy atom. The van der Waals surface area contributed by atoms with E-state index in [1.165, 1.54) is 41.2 Å². The molecule has 1 saturated heterocycles. The molecule has 0 aliphatic carbocycles. The number of carbonyl (C=O) groups is 1. The fourth-order valence-electron chi connectivity index (χ4n) is 3.91. The van der Waals surface area contributed by atoms with Gasteiger partial charge in [-0.05, 0) is 49.1 Å². The highest BCUT2D eigenvalue weighted by Gasteiger charge is 2.34. The van der Waals surface area contributed by atoms with Gasteiger partial charge in [0.25, 0.3) is 5.56 Å². The third-order valence-electron chi connectivity index (χ3n) is 5.87. The predicted octanol–water partition coefficient (Wildman–Crippen LogP) is 3.16. The minimum Gasteiger partial charge on any atom is -0.439 e. The number of rotatable bonds is 7. The Bertz CT molecular complexity index is 1140. The second-order valence-electron chi connectivity index (χ2n) is 8.34. The summed E-state index contributed by atoms with van der Waals surface area (Å²) in [5.41, 5.74) is -0.337. The van der Waals surface area contributed by atoms with Crippen LogP contribution in [0.4, 0.5) is 4.39 Å². The number of aryl methyl sites for hydroxylation is 1. The fourth-order valence-corrected chi connectivity index (χ4v) is 3.91. The van der Waals surface area contributed by atoms with Crippen LogP contribution in [0.3, 0.4) is 0 Å². The average molecular weight is 451 g/mol. The second kappa shape index (κ2) is 9.95. The molecule has 1 aliphatic heterocycles. The molecule has 0 saturated carbocycles. The fraction of sp³-hybridized carbons (Fsp3) is 0.320. The van der Waals surface area contributed by atoms with Crippen LogP contribution in [-0.4, -0.2) is 44.2 Å². The lowest BCUT2D eigenvalue weighted by molar-refractivity contribution is -0.135. The van der Waals surface area contributed by atoms with Crippen LogP contribution in [0.1, 0.15) is 24.8 Å². The van der Waals surface area contributed by atoms with Gasteiger partial charge < -0.3 is 14.7 Å². The van der Waals surface area contributed by atoms with Crippen molar-refractivity contribution >= 4 is 5.91 Å². The van der Waals surface area contributed by atoms with Crippen molar-refractivity contribution in [2.24, 2.45) is 0 Å². The van der Waals surface area contributed by atoms with E-state index >= 15 is 0 Å². The molecule has 1 fully saturated rings. The average Bonchev–Trinajstić information content (AvgIpc) is 2.82. The van der Waals surface area contributed by atoms with E-state index in [1.807, 2.05) is 30.3 Å². The Hall–Kier alpha value is -3.52. The van der Waals surface area contributed by atoms with Crippen molar-refractivity contribution in [1.29, 1.82) is 0 Å². The zero-order valence-corrected chi connectivity index (χ0v) is 18.2. The molecule has 2 aromatic carbocycles. The van der Waals surface area contributed by atoms with E-state index in [0.717, 1.165) is 5.56 Å². The first kappa shape index (κ1) is 22.7. The molecule has 1 aromatic heterocycles. The van der Waals surface area contributed by atoms with Gasteiger partial charge in [0.2, 0.25) is 11.8 Å². The van der Waals surface area contributed by atoms with Crippen LogP contribution in [0.15, 0.2) is 71.8 Å². The van der Waals surface area contributed by atoms with Crippen molar-refractivity contribution in [3.8, 4) is 11.6 Å². The van der Waals surface area contributed by atoms with Crippen LogP contribution < -0.4 is 10.3 Å². The van der Waals surface area contributed by atoms with Crippen molar-refractivity contribution in [3.05, 3.63) is 88.7 Å². The quantitative estimate of drug-likeness (QED) is 0.597.